The van der Waals surface area contributed by atoms with Crippen molar-refractivity contribution >= 4 is 46.5 Å². The van der Waals surface area contributed by atoms with E-state index >= 15 is 0 Å². The van der Waals surface area contributed by atoms with Crippen LogP contribution in [0.25, 0.3) is 5.69 Å². The van der Waals surface area contributed by atoms with Gasteiger partial charge in [-0.15, -0.1) is 0 Å². The van der Waals surface area contributed by atoms with Crippen molar-refractivity contribution in [2.45, 2.75) is 6.92 Å². The largest absolute Gasteiger partial charge is 0.325 e. The molecule has 2 aromatic carbocycles. The molecule has 0 saturated heterocycles. The third kappa shape index (κ3) is 5.82. The molecule has 0 spiro atoms. The molecule has 0 aliphatic rings. The van der Waals surface area contributed by atoms with Crippen LogP contribution in [-0.4, -0.2) is 46.6 Å². The van der Waals surface area contributed by atoms with Gasteiger partial charge in [0, 0.05) is 11.8 Å². The van der Waals surface area contributed by atoms with Crippen LogP contribution in [0.5, 0.6) is 0 Å². The molecule has 9 heteroatoms. The van der Waals surface area contributed by atoms with Crippen LogP contribution in [0.1, 0.15) is 5.69 Å². The Balaban J connectivity index is 1.56. The van der Waals surface area contributed by atoms with Crippen LogP contribution in [0.3, 0.4) is 0 Å². The number of halogens is 2. The van der Waals surface area contributed by atoms with Crippen molar-refractivity contribution in [2.75, 3.05) is 30.8 Å². The third-order valence-electron chi connectivity index (χ3n) is 4.13. The summed E-state index contributed by atoms with van der Waals surface area (Å²) in [6, 6.07) is 16.2. The summed E-state index contributed by atoms with van der Waals surface area (Å²) in [7, 11) is 1.69. The Morgan fingerprint density at radius 1 is 0.967 bits per heavy atom. The lowest BCUT2D eigenvalue weighted by Crippen LogP contribution is -2.36. The number of benzene rings is 2. The molecule has 3 rings (SSSR count). The highest BCUT2D eigenvalue weighted by Crippen LogP contribution is 2.25. The molecule has 1 heterocycles. The Kier molecular flexibility index (Phi) is 7.10. The monoisotopic (exact) mass is 445 g/mol. The van der Waals surface area contributed by atoms with Crippen molar-refractivity contribution in [3.05, 3.63) is 70.3 Å². The number of aromatic nitrogens is 2. The molecule has 0 fully saturated rings. The van der Waals surface area contributed by atoms with E-state index in [9.17, 15) is 9.59 Å². The Bertz CT molecular complexity index is 1050. The number of hydrogen-bond acceptors (Lipinski definition) is 4. The van der Waals surface area contributed by atoms with Crippen molar-refractivity contribution in [3.63, 3.8) is 0 Å². The predicted octanol–water partition coefficient (Wildman–Crippen LogP) is 4.00. The Labute approximate surface area is 184 Å². The number of hydrogen-bond donors (Lipinski definition) is 2. The lowest BCUT2D eigenvalue weighted by Gasteiger charge is -2.16. The van der Waals surface area contributed by atoms with Gasteiger partial charge < -0.3 is 10.6 Å². The number of amides is 2. The van der Waals surface area contributed by atoms with Gasteiger partial charge in [-0.05, 0) is 44.3 Å². The first-order valence-corrected chi connectivity index (χ1v) is 9.93. The second-order valence-electron chi connectivity index (χ2n) is 6.82. The number of para-hydroxylation sites is 1. The van der Waals surface area contributed by atoms with Crippen LogP contribution in [0.4, 0.5) is 11.5 Å². The minimum atomic E-state index is -0.270. The Hall–Kier alpha value is -2.87. The fourth-order valence-corrected chi connectivity index (χ4v) is 3.16. The van der Waals surface area contributed by atoms with Gasteiger partial charge in [-0.1, -0.05) is 41.4 Å². The van der Waals surface area contributed by atoms with Crippen LogP contribution in [-0.2, 0) is 9.59 Å². The van der Waals surface area contributed by atoms with E-state index in [4.69, 9.17) is 23.2 Å². The molecule has 156 valence electrons. The minimum absolute atomic E-state index is 0.0324. The number of nitrogens with zero attached hydrogens (tertiary/aromatic N) is 3. The zero-order valence-corrected chi connectivity index (χ0v) is 18.0. The van der Waals surface area contributed by atoms with Gasteiger partial charge in [0.1, 0.15) is 5.82 Å². The van der Waals surface area contributed by atoms with E-state index in [0.717, 1.165) is 11.4 Å². The van der Waals surface area contributed by atoms with Gasteiger partial charge in [0.15, 0.2) is 0 Å². The standard InChI is InChI=1S/C21H21Cl2N5O2/c1-14-10-19(28(26-14)16-6-4-3-5-7-16)25-21(30)13-27(2)12-20(29)24-15-8-9-17(22)18(23)11-15/h3-11H,12-13H2,1-2H3,(H,24,29)(H,25,30). The van der Waals surface area contributed by atoms with Gasteiger partial charge in [-0.3, -0.25) is 14.5 Å². The molecule has 2 amide bonds. The number of nitrogens with one attached hydrogen (secondary N) is 2. The summed E-state index contributed by atoms with van der Waals surface area (Å²) in [5, 5.41) is 10.8. The molecule has 0 aliphatic heterocycles. The van der Waals surface area contributed by atoms with E-state index in [0.29, 0.717) is 21.6 Å². The second kappa shape index (κ2) is 9.75. The van der Waals surface area contributed by atoms with Crippen molar-refractivity contribution in [3.8, 4) is 5.69 Å². The molecule has 0 bridgehead atoms. The average Bonchev–Trinajstić information content (AvgIpc) is 3.05. The van der Waals surface area contributed by atoms with E-state index in [1.807, 2.05) is 37.3 Å². The first-order chi connectivity index (χ1) is 14.3. The van der Waals surface area contributed by atoms with Gasteiger partial charge in [0.05, 0.1) is 34.5 Å². The van der Waals surface area contributed by atoms with Crippen LogP contribution in [0.15, 0.2) is 54.6 Å². The van der Waals surface area contributed by atoms with Crippen LogP contribution < -0.4 is 10.6 Å². The van der Waals surface area contributed by atoms with Crippen molar-refractivity contribution < 1.29 is 9.59 Å². The summed E-state index contributed by atoms with van der Waals surface area (Å²) in [4.78, 5) is 26.3. The van der Waals surface area contributed by atoms with Crippen LogP contribution >= 0.6 is 23.2 Å². The second-order valence-corrected chi connectivity index (χ2v) is 7.63. The number of carbonyl (C=O) groups excluding carboxylic acids is 2. The van der Waals surface area contributed by atoms with Gasteiger partial charge in [-0.2, -0.15) is 5.10 Å². The highest BCUT2D eigenvalue weighted by molar-refractivity contribution is 6.42. The lowest BCUT2D eigenvalue weighted by molar-refractivity contribution is -0.119. The molecule has 0 atom stereocenters. The molecule has 3 aromatic rings. The van der Waals surface area contributed by atoms with Gasteiger partial charge in [0.2, 0.25) is 11.8 Å². The summed E-state index contributed by atoms with van der Waals surface area (Å²) in [5.74, 6) is 0.0446. The molecule has 2 N–H and O–H groups in total. The number of aryl methyl sites for hydroxylation is 1. The van der Waals surface area contributed by atoms with Gasteiger partial charge in [-0.25, -0.2) is 4.68 Å². The molecule has 1 aromatic heterocycles. The van der Waals surface area contributed by atoms with Crippen molar-refractivity contribution in [1.82, 2.24) is 14.7 Å². The zero-order valence-electron chi connectivity index (χ0n) is 16.5. The van der Waals surface area contributed by atoms with Crippen LogP contribution in [0.2, 0.25) is 10.0 Å². The topological polar surface area (TPSA) is 79.3 Å². The Morgan fingerprint density at radius 2 is 1.63 bits per heavy atom. The van der Waals surface area contributed by atoms with Crippen molar-refractivity contribution in [1.29, 1.82) is 0 Å². The smallest absolute Gasteiger partial charge is 0.239 e. The number of likely N-dealkylation sites (N-methyl/N-ethyl adjacent to an activating group) is 1. The maximum absolute atomic E-state index is 12.5. The summed E-state index contributed by atoms with van der Waals surface area (Å²) < 4.78 is 1.67. The highest BCUT2D eigenvalue weighted by Gasteiger charge is 2.14. The van der Waals surface area contributed by atoms with Crippen molar-refractivity contribution in [2.24, 2.45) is 0 Å². The summed E-state index contributed by atoms with van der Waals surface area (Å²) in [5.41, 5.74) is 2.16. The molecular weight excluding hydrogens is 425 g/mol. The van der Waals surface area contributed by atoms with E-state index < -0.39 is 0 Å². The normalized spacial score (nSPS) is 10.8. The summed E-state index contributed by atoms with van der Waals surface area (Å²) in [6.45, 7) is 1.92. The minimum Gasteiger partial charge on any atom is -0.325 e. The maximum atomic E-state index is 12.5. The molecule has 7 nitrogen and oxygen atoms in total. The van der Waals surface area contributed by atoms with Crippen LogP contribution in [0, 0.1) is 6.92 Å². The molecule has 0 aliphatic carbocycles. The van der Waals surface area contributed by atoms with Gasteiger partial charge >= 0.3 is 0 Å². The first kappa shape index (κ1) is 21.8. The SMILES string of the molecule is Cc1cc(NC(=O)CN(C)CC(=O)Nc2ccc(Cl)c(Cl)c2)n(-c2ccccc2)n1. The lowest BCUT2D eigenvalue weighted by atomic mass is 10.3. The number of carbonyl (C=O) groups is 2. The first-order valence-electron chi connectivity index (χ1n) is 9.17. The van der Waals surface area contributed by atoms with E-state index in [-0.39, 0.29) is 24.9 Å². The van der Waals surface area contributed by atoms with E-state index in [1.165, 1.54) is 0 Å². The highest BCUT2D eigenvalue weighted by atomic mass is 35.5. The predicted molar refractivity (Wildman–Crippen MR) is 120 cm³/mol. The summed E-state index contributed by atoms with van der Waals surface area (Å²) in [6.07, 6.45) is 0. The molecule has 0 saturated carbocycles. The molecular formula is C21H21Cl2N5O2. The fourth-order valence-electron chi connectivity index (χ4n) is 2.86. The molecule has 0 unspecified atom stereocenters. The van der Waals surface area contributed by atoms with E-state index in [1.54, 1.807) is 40.9 Å². The third-order valence-corrected chi connectivity index (χ3v) is 4.87. The zero-order chi connectivity index (χ0) is 21.7. The number of anilines is 2. The fraction of sp³-hybridized carbons (Fsp3) is 0.190. The Morgan fingerprint density at radius 3 is 2.30 bits per heavy atom. The average molecular weight is 446 g/mol. The summed E-state index contributed by atoms with van der Waals surface area (Å²) >= 11 is 11.8. The van der Waals surface area contributed by atoms with Gasteiger partial charge in [0.25, 0.3) is 0 Å². The molecule has 0 radical (unpaired) electrons. The molecule has 30 heavy (non-hydrogen) atoms. The number of rotatable bonds is 7. The quantitative estimate of drug-likeness (QED) is 0.575. The van der Waals surface area contributed by atoms with E-state index in [2.05, 4.69) is 15.7 Å². The maximum Gasteiger partial charge on any atom is 0.239 e.